The molecule has 5 rings (SSSR count). The number of para-hydroxylation sites is 2. The van der Waals surface area contributed by atoms with E-state index < -0.39 is 0 Å². The fourth-order valence-corrected chi connectivity index (χ4v) is 4.66. The number of allylic oxidation sites excluding steroid dienone is 4. The van der Waals surface area contributed by atoms with Gasteiger partial charge in [0.2, 0.25) is 0 Å². The van der Waals surface area contributed by atoms with Gasteiger partial charge in [0.15, 0.2) is 22.8 Å². The molecule has 208 valence electrons. The summed E-state index contributed by atoms with van der Waals surface area (Å²) < 4.78 is 22.2. The lowest BCUT2D eigenvalue weighted by Crippen LogP contribution is -2.21. The molecule has 8 nitrogen and oxygen atoms in total. The van der Waals surface area contributed by atoms with E-state index in [1.54, 1.807) is 30.6 Å². The molecule has 0 aliphatic heterocycles. The third-order valence-corrected chi connectivity index (χ3v) is 6.77. The van der Waals surface area contributed by atoms with E-state index in [1.165, 1.54) is 11.6 Å². The van der Waals surface area contributed by atoms with Gasteiger partial charge in [-0.2, -0.15) is 0 Å². The van der Waals surface area contributed by atoms with Crippen molar-refractivity contribution < 1.29 is 8.81 Å². The van der Waals surface area contributed by atoms with Crippen LogP contribution < -0.4 is 10.6 Å². The number of halogens is 1. The number of pyridine rings is 2. The fourth-order valence-electron chi connectivity index (χ4n) is 4.66. The molecule has 1 aromatic carbocycles. The van der Waals surface area contributed by atoms with Crippen LogP contribution in [0.1, 0.15) is 30.8 Å². The minimum Gasteiger partial charge on any atom is -0.440 e. The van der Waals surface area contributed by atoms with Gasteiger partial charge in [-0.1, -0.05) is 30.2 Å². The number of aryl methyl sites for hydroxylation is 1. The standard InChI is InChI=1S/C32H32FN7O/c1-3-5-9-23(4-2)16-21-40-27-12-7-6-11-25(27)38-29(40)14-18-34-19-15-30-39-31-28(41-30)13-20-36-32(31)37-22-26-24(33)10-8-17-35-26/h1,4-13,17,20,34H,14-16,18-19,21-22H2,2H3,(H,36,37)/b9-5-,23-4+. The Balaban J connectivity index is 1.17. The molecule has 9 heteroatoms. The van der Waals surface area contributed by atoms with Crippen LogP contribution in [0, 0.1) is 18.2 Å². The Bertz CT molecular complexity index is 1730. The SMILES string of the molecule is C#C/C=C\C(=C/C)CCn1c(CCNCCc2nc3c(NCc4ncccc4F)nccc3o2)nc2ccccc21. The number of oxazole rings is 1. The second-order valence-corrected chi connectivity index (χ2v) is 9.43. The summed E-state index contributed by atoms with van der Waals surface area (Å²) in [6.45, 7) is 4.51. The maximum Gasteiger partial charge on any atom is 0.196 e. The lowest BCUT2D eigenvalue weighted by Gasteiger charge is -2.10. The molecule has 4 heterocycles. The summed E-state index contributed by atoms with van der Waals surface area (Å²) in [5.74, 6) is 4.38. The highest BCUT2D eigenvalue weighted by Crippen LogP contribution is 2.22. The molecule has 0 saturated heterocycles. The molecule has 0 amide bonds. The Kier molecular flexibility index (Phi) is 9.14. The van der Waals surface area contributed by atoms with Gasteiger partial charge in [0, 0.05) is 50.9 Å². The number of hydrogen-bond donors (Lipinski definition) is 2. The van der Waals surface area contributed by atoms with Gasteiger partial charge in [0.1, 0.15) is 11.6 Å². The van der Waals surface area contributed by atoms with Gasteiger partial charge >= 0.3 is 0 Å². The van der Waals surface area contributed by atoms with Crippen LogP contribution in [0.4, 0.5) is 10.2 Å². The number of nitrogens with one attached hydrogen (secondary N) is 2. The lowest BCUT2D eigenvalue weighted by molar-refractivity contribution is 0.513. The van der Waals surface area contributed by atoms with Gasteiger partial charge in [0.25, 0.3) is 0 Å². The van der Waals surface area contributed by atoms with Crippen LogP contribution in [0.15, 0.2) is 83.1 Å². The topological polar surface area (TPSA) is 93.7 Å². The van der Waals surface area contributed by atoms with Crippen LogP contribution in [0.5, 0.6) is 0 Å². The van der Waals surface area contributed by atoms with Gasteiger partial charge in [-0.05, 0) is 49.3 Å². The van der Waals surface area contributed by atoms with Crippen LogP contribution in [0.2, 0.25) is 0 Å². The summed E-state index contributed by atoms with van der Waals surface area (Å²) in [7, 11) is 0. The minimum atomic E-state index is -0.366. The van der Waals surface area contributed by atoms with Crippen molar-refractivity contribution in [3.05, 3.63) is 102 Å². The highest BCUT2D eigenvalue weighted by molar-refractivity contribution is 5.83. The zero-order valence-electron chi connectivity index (χ0n) is 23.0. The number of nitrogens with zero attached hydrogens (tertiary/aromatic N) is 5. The van der Waals surface area contributed by atoms with E-state index in [0.717, 1.165) is 42.8 Å². The van der Waals surface area contributed by atoms with Crippen molar-refractivity contribution in [2.75, 3.05) is 18.4 Å². The Labute approximate surface area is 238 Å². The number of fused-ring (bicyclic) bond motifs is 2. The number of hydrogen-bond acceptors (Lipinski definition) is 7. The summed E-state index contributed by atoms with van der Waals surface area (Å²) in [5.41, 5.74) is 4.89. The number of aromatic nitrogens is 5. The molecule has 41 heavy (non-hydrogen) atoms. The first-order valence-corrected chi connectivity index (χ1v) is 13.7. The Morgan fingerprint density at radius 1 is 1.07 bits per heavy atom. The van der Waals surface area contributed by atoms with Gasteiger partial charge in [-0.15, -0.1) is 6.42 Å². The molecule has 4 aromatic heterocycles. The largest absolute Gasteiger partial charge is 0.440 e. The summed E-state index contributed by atoms with van der Waals surface area (Å²) in [5, 5.41) is 6.61. The monoisotopic (exact) mass is 549 g/mol. The zero-order valence-corrected chi connectivity index (χ0v) is 23.0. The first-order valence-electron chi connectivity index (χ1n) is 13.7. The molecule has 0 fully saturated rings. The molecule has 0 radical (unpaired) electrons. The van der Waals surface area contributed by atoms with Crippen LogP contribution in [-0.2, 0) is 25.9 Å². The first kappa shape index (κ1) is 27.7. The predicted octanol–water partition coefficient (Wildman–Crippen LogP) is 5.62. The van der Waals surface area contributed by atoms with Crippen LogP contribution in [-0.4, -0.2) is 37.6 Å². The summed E-state index contributed by atoms with van der Waals surface area (Å²) in [6, 6.07) is 13.0. The fraction of sp³-hybridized carbons (Fsp3) is 0.250. The molecule has 0 bridgehead atoms. The van der Waals surface area contributed by atoms with Gasteiger partial charge in [0.05, 0.1) is 23.3 Å². The molecular formula is C32H32FN7O. The molecule has 0 atom stereocenters. The molecule has 0 unspecified atom stereocenters. The Hall–Kier alpha value is -4.81. The quantitative estimate of drug-likeness (QED) is 0.112. The maximum absolute atomic E-state index is 13.9. The number of benzene rings is 1. The number of rotatable bonds is 13. The molecular weight excluding hydrogens is 517 g/mol. The summed E-state index contributed by atoms with van der Waals surface area (Å²) in [6.07, 6.45) is 16.7. The van der Waals surface area contributed by atoms with Crippen LogP contribution in [0.25, 0.3) is 22.1 Å². The third kappa shape index (κ3) is 6.86. The molecule has 5 aromatic rings. The van der Waals surface area contributed by atoms with E-state index in [-0.39, 0.29) is 12.4 Å². The van der Waals surface area contributed by atoms with Gasteiger partial charge < -0.3 is 19.6 Å². The van der Waals surface area contributed by atoms with Crippen molar-refractivity contribution in [3.63, 3.8) is 0 Å². The predicted molar refractivity (Wildman–Crippen MR) is 160 cm³/mol. The van der Waals surface area contributed by atoms with Gasteiger partial charge in [-0.3, -0.25) is 4.98 Å². The van der Waals surface area contributed by atoms with E-state index in [4.69, 9.17) is 15.8 Å². The van der Waals surface area contributed by atoms with Crippen LogP contribution in [0.3, 0.4) is 0 Å². The van der Waals surface area contributed by atoms with Gasteiger partial charge in [-0.25, -0.2) is 19.3 Å². The normalized spacial score (nSPS) is 12.0. The second kappa shape index (κ2) is 13.5. The van der Waals surface area contributed by atoms with E-state index in [0.29, 0.717) is 41.5 Å². The molecule has 0 aliphatic rings. The zero-order chi connectivity index (χ0) is 28.4. The van der Waals surface area contributed by atoms with E-state index >= 15 is 0 Å². The molecule has 2 N–H and O–H groups in total. The average Bonchev–Trinajstić information content (AvgIpc) is 3.58. The highest BCUT2D eigenvalue weighted by Gasteiger charge is 2.13. The van der Waals surface area contributed by atoms with Crippen molar-refractivity contribution in [1.29, 1.82) is 0 Å². The van der Waals surface area contributed by atoms with E-state index in [2.05, 4.69) is 54.3 Å². The Morgan fingerprint density at radius 2 is 1.95 bits per heavy atom. The van der Waals surface area contributed by atoms with Crippen molar-refractivity contribution in [2.24, 2.45) is 0 Å². The average molecular weight is 550 g/mol. The Morgan fingerprint density at radius 3 is 2.80 bits per heavy atom. The number of anilines is 1. The smallest absolute Gasteiger partial charge is 0.196 e. The highest BCUT2D eigenvalue weighted by atomic mass is 19.1. The molecule has 0 spiro atoms. The van der Waals surface area contributed by atoms with Crippen molar-refractivity contribution >= 4 is 28.0 Å². The molecule has 0 aliphatic carbocycles. The third-order valence-electron chi connectivity index (χ3n) is 6.77. The summed E-state index contributed by atoms with van der Waals surface area (Å²) in [4.78, 5) is 18.0. The second-order valence-electron chi connectivity index (χ2n) is 9.43. The lowest BCUT2D eigenvalue weighted by atomic mass is 10.1. The maximum atomic E-state index is 13.9. The van der Waals surface area contributed by atoms with Crippen LogP contribution >= 0.6 is 0 Å². The van der Waals surface area contributed by atoms with Crippen molar-refractivity contribution in [1.82, 2.24) is 29.8 Å². The summed E-state index contributed by atoms with van der Waals surface area (Å²) >= 11 is 0. The minimum absolute atomic E-state index is 0.199. The first-order chi connectivity index (χ1) is 20.2. The van der Waals surface area contributed by atoms with E-state index in [1.807, 2.05) is 25.1 Å². The van der Waals surface area contributed by atoms with Crippen molar-refractivity contribution in [2.45, 2.75) is 39.3 Å². The van der Waals surface area contributed by atoms with Crippen molar-refractivity contribution in [3.8, 4) is 12.3 Å². The number of terminal acetylenes is 1. The van der Waals surface area contributed by atoms with E-state index in [9.17, 15) is 4.39 Å². The molecule has 0 saturated carbocycles. The number of imidazole rings is 1.